The van der Waals surface area contributed by atoms with Crippen molar-refractivity contribution in [3.05, 3.63) is 58.7 Å². The summed E-state index contributed by atoms with van der Waals surface area (Å²) in [6, 6.07) is 13.4. The number of aliphatic hydroxyl groups excluding tert-OH is 1. The maximum absolute atomic E-state index is 10.9. The molecule has 4 rings (SSSR count). The fourth-order valence-corrected chi connectivity index (χ4v) is 5.60. The van der Waals surface area contributed by atoms with E-state index in [4.69, 9.17) is 18.9 Å². The lowest BCUT2D eigenvalue weighted by atomic mass is 9.96. The maximum atomic E-state index is 10.9. The largest absolute Gasteiger partial charge is 0.507 e. The van der Waals surface area contributed by atoms with Crippen LogP contribution in [0.25, 0.3) is 0 Å². The molecule has 0 aromatic heterocycles. The van der Waals surface area contributed by atoms with Crippen molar-refractivity contribution < 1.29 is 34.3 Å². The minimum atomic E-state index is -0.805. The predicted octanol–water partition coefficient (Wildman–Crippen LogP) is 6.02. The van der Waals surface area contributed by atoms with Crippen molar-refractivity contribution in [2.75, 3.05) is 0 Å². The van der Waals surface area contributed by atoms with Gasteiger partial charge in [-0.15, -0.1) is 0 Å². The van der Waals surface area contributed by atoms with Crippen LogP contribution in [0.4, 0.5) is 0 Å². The first-order chi connectivity index (χ1) is 19.8. The summed E-state index contributed by atoms with van der Waals surface area (Å²) in [6.45, 7) is 4.13. The molecule has 2 aliphatic rings. The van der Waals surface area contributed by atoms with E-state index in [0.717, 1.165) is 38.5 Å². The number of aromatic hydroxyl groups is 2. The van der Waals surface area contributed by atoms with Crippen molar-refractivity contribution in [1.82, 2.24) is 0 Å². The van der Waals surface area contributed by atoms with E-state index in [1.54, 1.807) is 24.3 Å². The van der Waals surface area contributed by atoms with Gasteiger partial charge < -0.3 is 34.3 Å². The van der Waals surface area contributed by atoms with E-state index in [-0.39, 0.29) is 35.9 Å². The minimum absolute atomic E-state index is 0.0123. The fourth-order valence-electron chi connectivity index (χ4n) is 5.60. The van der Waals surface area contributed by atoms with Gasteiger partial charge >= 0.3 is 0 Å². The third kappa shape index (κ3) is 8.19. The molecule has 0 aliphatic carbocycles. The van der Waals surface area contributed by atoms with E-state index in [0.29, 0.717) is 41.5 Å². The first kappa shape index (κ1) is 30.8. The highest BCUT2D eigenvalue weighted by Crippen LogP contribution is 2.39. The topological polar surface area (TPSA) is 145 Å². The zero-order chi connectivity index (χ0) is 29.4. The molecular formula is C32H40N2O7. The van der Waals surface area contributed by atoms with Gasteiger partial charge in [-0.25, -0.2) is 0 Å². The molecule has 2 aromatic rings. The van der Waals surface area contributed by atoms with Crippen LogP contribution in [-0.2, 0) is 18.9 Å². The van der Waals surface area contributed by atoms with Crippen LogP contribution in [0.3, 0.4) is 0 Å². The molecule has 41 heavy (non-hydrogen) atoms. The van der Waals surface area contributed by atoms with Gasteiger partial charge in [0.25, 0.3) is 0 Å². The van der Waals surface area contributed by atoms with Crippen LogP contribution in [0.2, 0.25) is 0 Å². The molecule has 0 saturated carbocycles. The predicted molar refractivity (Wildman–Crippen MR) is 150 cm³/mol. The molecule has 0 bridgehead atoms. The Kier molecular flexibility index (Phi) is 11.0. The second kappa shape index (κ2) is 14.6. The van der Waals surface area contributed by atoms with Gasteiger partial charge in [0.05, 0.1) is 64.9 Å². The van der Waals surface area contributed by atoms with E-state index in [2.05, 4.69) is 19.1 Å². The van der Waals surface area contributed by atoms with Gasteiger partial charge in [0.2, 0.25) is 0 Å². The smallest absolute Gasteiger partial charge is 0.188 e. The molecular weight excluding hydrogens is 524 g/mol. The molecule has 2 aromatic carbocycles. The molecule has 9 heteroatoms. The standard InChI is InChI=1S/C32H40N2O7/c1-3-6-24-17-26(41-32(39-24)28-14-21(19-34)10-12-30(28)37)15-22(35)7-5-8-25-16-23(4-2)38-31(40-25)27-13-20(18-33)9-11-29(27)36/h9-14,22-26,31-32,35-37H,3-8,15-17H2,1-2H3. The SMILES string of the molecule is CCCC1CC(CC(O)CCCC2CC(CC)OC(c3cc(C#N)ccc3O)O2)OC(c2cc(C#N)ccc2O)O1. The Labute approximate surface area is 241 Å². The summed E-state index contributed by atoms with van der Waals surface area (Å²) < 4.78 is 24.5. The second-order valence-corrected chi connectivity index (χ2v) is 11.0. The van der Waals surface area contributed by atoms with Crippen LogP contribution in [0.15, 0.2) is 36.4 Å². The zero-order valence-electron chi connectivity index (χ0n) is 23.7. The first-order valence-corrected chi connectivity index (χ1v) is 14.6. The van der Waals surface area contributed by atoms with Gasteiger partial charge in [-0.1, -0.05) is 20.3 Å². The quantitative estimate of drug-likeness (QED) is 0.298. The number of aliphatic hydroxyl groups is 1. The van der Waals surface area contributed by atoms with Gasteiger partial charge in [0.1, 0.15) is 11.5 Å². The molecule has 7 atom stereocenters. The highest BCUT2D eigenvalue weighted by atomic mass is 16.7. The van der Waals surface area contributed by atoms with Crippen LogP contribution >= 0.6 is 0 Å². The number of benzene rings is 2. The van der Waals surface area contributed by atoms with Crippen molar-refractivity contribution >= 4 is 0 Å². The van der Waals surface area contributed by atoms with Gasteiger partial charge in [-0.3, -0.25) is 0 Å². The summed E-state index contributed by atoms with van der Waals surface area (Å²) in [7, 11) is 0. The Morgan fingerprint density at radius 1 is 0.780 bits per heavy atom. The highest BCUT2D eigenvalue weighted by molar-refractivity contribution is 5.43. The lowest BCUT2D eigenvalue weighted by molar-refractivity contribution is -0.254. The van der Waals surface area contributed by atoms with Crippen molar-refractivity contribution in [1.29, 1.82) is 10.5 Å². The summed E-state index contributed by atoms with van der Waals surface area (Å²) >= 11 is 0. The van der Waals surface area contributed by atoms with Gasteiger partial charge in [-0.2, -0.15) is 10.5 Å². The number of phenols is 2. The number of ether oxygens (including phenoxy) is 4. The summed E-state index contributed by atoms with van der Waals surface area (Å²) in [5, 5.41) is 50.2. The molecule has 0 amide bonds. The fraction of sp³-hybridized carbons (Fsp3) is 0.562. The number of hydrogen-bond donors (Lipinski definition) is 3. The van der Waals surface area contributed by atoms with Crippen LogP contribution in [0.5, 0.6) is 11.5 Å². The third-order valence-corrected chi connectivity index (χ3v) is 7.80. The minimum Gasteiger partial charge on any atom is -0.507 e. The maximum Gasteiger partial charge on any atom is 0.188 e. The lowest BCUT2D eigenvalue weighted by Crippen LogP contribution is -2.36. The molecule has 0 radical (unpaired) electrons. The van der Waals surface area contributed by atoms with Crippen LogP contribution < -0.4 is 0 Å². The number of nitriles is 2. The Balaban J connectivity index is 1.33. The molecule has 3 N–H and O–H groups in total. The first-order valence-electron chi connectivity index (χ1n) is 14.6. The summed E-state index contributed by atoms with van der Waals surface area (Å²) in [5.41, 5.74) is 1.71. The van der Waals surface area contributed by atoms with Crippen molar-refractivity contribution in [3.63, 3.8) is 0 Å². The monoisotopic (exact) mass is 564 g/mol. The number of phenolic OH excluding ortho intramolecular Hbond substituents is 2. The number of hydrogen-bond acceptors (Lipinski definition) is 9. The summed E-state index contributed by atoms with van der Waals surface area (Å²) in [4.78, 5) is 0. The van der Waals surface area contributed by atoms with E-state index in [9.17, 15) is 25.8 Å². The average Bonchev–Trinajstić information content (AvgIpc) is 2.97. The van der Waals surface area contributed by atoms with E-state index in [1.165, 1.54) is 12.1 Å². The normalized spacial score (nSPS) is 27.0. The molecule has 2 fully saturated rings. The Hall–Kier alpha value is -3.18. The van der Waals surface area contributed by atoms with E-state index >= 15 is 0 Å². The number of rotatable bonds is 11. The Morgan fingerprint density at radius 2 is 1.29 bits per heavy atom. The summed E-state index contributed by atoms with van der Waals surface area (Å²) in [6.07, 6.45) is 3.76. The summed E-state index contributed by atoms with van der Waals surface area (Å²) in [5.74, 6) is 0.0435. The Morgan fingerprint density at radius 3 is 1.83 bits per heavy atom. The van der Waals surface area contributed by atoms with Crippen molar-refractivity contribution in [3.8, 4) is 23.6 Å². The van der Waals surface area contributed by atoms with Crippen LogP contribution in [0, 0.1) is 22.7 Å². The second-order valence-electron chi connectivity index (χ2n) is 11.0. The van der Waals surface area contributed by atoms with Crippen LogP contribution in [0.1, 0.15) is 106 Å². The molecule has 2 saturated heterocycles. The van der Waals surface area contributed by atoms with Crippen LogP contribution in [-0.4, -0.2) is 45.8 Å². The van der Waals surface area contributed by atoms with E-state index < -0.39 is 18.7 Å². The lowest BCUT2D eigenvalue weighted by Gasteiger charge is -2.37. The van der Waals surface area contributed by atoms with Gasteiger partial charge in [0, 0.05) is 12.8 Å². The highest BCUT2D eigenvalue weighted by Gasteiger charge is 2.34. The molecule has 2 heterocycles. The number of nitrogens with zero attached hydrogens (tertiary/aromatic N) is 2. The zero-order valence-corrected chi connectivity index (χ0v) is 23.7. The Bertz CT molecular complexity index is 1240. The molecule has 220 valence electrons. The molecule has 9 nitrogen and oxygen atoms in total. The third-order valence-electron chi connectivity index (χ3n) is 7.80. The molecule has 0 spiro atoms. The van der Waals surface area contributed by atoms with E-state index in [1.807, 2.05) is 6.92 Å². The molecule has 7 unspecified atom stereocenters. The van der Waals surface area contributed by atoms with Gasteiger partial charge in [-0.05, 0) is 74.9 Å². The van der Waals surface area contributed by atoms with Crippen molar-refractivity contribution in [2.24, 2.45) is 0 Å². The van der Waals surface area contributed by atoms with Crippen molar-refractivity contribution in [2.45, 2.75) is 115 Å². The molecule has 2 aliphatic heterocycles. The van der Waals surface area contributed by atoms with Gasteiger partial charge in [0.15, 0.2) is 12.6 Å². The average molecular weight is 565 g/mol.